The molecule has 4 unspecified atom stereocenters. The molecule has 326 valence electrons. The van der Waals surface area contributed by atoms with Gasteiger partial charge in [0.15, 0.2) is 11.9 Å². The number of aliphatic carboxylic acids is 1. The number of allylic oxidation sites excluding steroid dienone is 7. The van der Waals surface area contributed by atoms with E-state index in [2.05, 4.69) is 13.0 Å². The van der Waals surface area contributed by atoms with E-state index in [1.165, 1.54) is 18.2 Å². The summed E-state index contributed by atoms with van der Waals surface area (Å²) < 4.78 is 24.7. The monoisotopic (exact) mass is 822 g/mol. The predicted molar refractivity (Wildman–Crippen MR) is 224 cm³/mol. The van der Waals surface area contributed by atoms with Crippen molar-refractivity contribution in [3.8, 4) is 0 Å². The minimum Gasteiger partial charge on any atom is -0.481 e. The van der Waals surface area contributed by atoms with E-state index in [0.29, 0.717) is 32.1 Å². The van der Waals surface area contributed by atoms with E-state index in [1.54, 1.807) is 30.4 Å². The Morgan fingerprint density at radius 1 is 0.780 bits per heavy atom. The van der Waals surface area contributed by atoms with Gasteiger partial charge in [-0.2, -0.15) is 0 Å². The minimum absolute atomic E-state index is 0.136. The Balaban J connectivity index is 1.50. The molecule has 6 bridgehead atoms. The van der Waals surface area contributed by atoms with Crippen LogP contribution >= 0.6 is 0 Å². The van der Waals surface area contributed by atoms with E-state index in [0.717, 1.165) is 18.4 Å². The first kappa shape index (κ1) is 47.9. The molecule has 0 aromatic carbocycles. The van der Waals surface area contributed by atoms with Gasteiger partial charge in [0, 0.05) is 37.2 Å². The zero-order chi connectivity index (χ0) is 42.9. The summed E-state index contributed by atoms with van der Waals surface area (Å²) in [6, 6.07) is 0. The molecule has 0 aliphatic carbocycles. The fraction of sp³-hybridized carbons (Fsp3) is 0.596. The van der Waals surface area contributed by atoms with Crippen LogP contribution in [0.5, 0.6) is 0 Å². The number of hydrogen-bond donors (Lipinski definition) is 5. The van der Waals surface area contributed by atoms with Crippen molar-refractivity contribution in [1.29, 1.82) is 0 Å². The zero-order valence-corrected chi connectivity index (χ0v) is 34.9. The number of esters is 1. The third kappa shape index (κ3) is 15.7. The van der Waals surface area contributed by atoms with Crippen LogP contribution in [0.25, 0.3) is 0 Å². The van der Waals surface area contributed by atoms with Crippen molar-refractivity contribution >= 4 is 17.7 Å². The van der Waals surface area contributed by atoms with E-state index < -0.39 is 73.0 Å². The van der Waals surface area contributed by atoms with Gasteiger partial charge in [0.25, 0.3) is 0 Å². The number of carbonyl (C=O) groups excluding carboxylic acids is 2. The van der Waals surface area contributed by atoms with Gasteiger partial charge in [0.2, 0.25) is 0 Å². The molecule has 2 fully saturated rings. The second-order valence-electron chi connectivity index (χ2n) is 16.4. The lowest BCUT2D eigenvalue weighted by atomic mass is 9.85. The Hall–Kier alpha value is -3.75. The molecule has 5 N–H and O–H groups in total. The van der Waals surface area contributed by atoms with E-state index >= 15 is 0 Å². The van der Waals surface area contributed by atoms with Gasteiger partial charge in [-0.05, 0) is 69.1 Å². The number of unbranched alkanes of at least 4 members (excludes halogenated alkanes) is 1. The second-order valence-corrected chi connectivity index (χ2v) is 16.4. The van der Waals surface area contributed by atoms with Gasteiger partial charge in [-0.25, -0.2) is 4.79 Å². The topological polar surface area (TPSA) is 189 Å². The lowest BCUT2D eigenvalue weighted by Crippen LogP contribution is -2.50. The molecule has 0 amide bonds. The first-order valence-corrected chi connectivity index (χ1v) is 21.2. The molecule has 5 aliphatic heterocycles. The summed E-state index contributed by atoms with van der Waals surface area (Å²) in [6.45, 7) is 7.75. The highest BCUT2D eigenvalue weighted by atomic mass is 16.6. The number of aliphatic hydroxyl groups is 4. The molecule has 5 heterocycles. The van der Waals surface area contributed by atoms with E-state index in [1.807, 2.05) is 57.2 Å². The molecule has 14 atom stereocenters. The summed E-state index contributed by atoms with van der Waals surface area (Å²) in [5, 5.41) is 52.4. The van der Waals surface area contributed by atoms with Crippen molar-refractivity contribution < 1.29 is 58.9 Å². The summed E-state index contributed by atoms with van der Waals surface area (Å²) in [4.78, 5) is 36.9. The average Bonchev–Trinajstić information content (AvgIpc) is 3.19. The largest absolute Gasteiger partial charge is 0.481 e. The molecule has 59 heavy (non-hydrogen) atoms. The molecule has 0 aromatic rings. The Kier molecular flexibility index (Phi) is 19.9. The van der Waals surface area contributed by atoms with Crippen LogP contribution in [-0.4, -0.2) is 110 Å². The standard InChI is InChI=1S/C47H66O12/c1-30(17-14-15-23-44(52)53)27-31(2)47-41-26-25-34(56-47)18-10-6-5-7-12-20-36(49)46(55)43-29-38(51)33(4)40(58-43)22-16-21-39-32(3)37(50)28-42(57-39)35(48)19-11-8-9-13-24-45(54)59-41/h6,8-13,16,19-21,24-27,30,32-34,36-43,46-47,49-51,55H,5,7,14-15,17-18,22-23,28-29H2,1-4H3,(H,52,53)/b9-8+,10-6+,19-11+,20-12+,21-16+,24-13+,31-27+/t30-,32?,33-,34+,36+,37?,38+,39+,40-,41?,42?,43-,46+,47-/m1/s1. The molecule has 0 saturated carbocycles. The number of carboxylic acid groups (broad SMARTS) is 1. The summed E-state index contributed by atoms with van der Waals surface area (Å²) in [6.07, 6.45) is 22.7. The maximum atomic E-state index is 13.1. The fourth-order valence-corrected chi connectivity index (χ4v) is 7.79. The third-order valence-corrected chi connectivity index (χ3v) is 11.5. The number of carbonyl (C=O) groups is 3. The zero-order valence-electron chi connectivity index (χ0n) is 34.9. The molecule has 2 saturated heterocycles. The van der Waals surface area contributed by atoms with Gasteiger partial charge in [-0.1, -0.05) is 100 Å². The summed E-state index contributed by atoms with van der Waals surface area (Å²) >= 11 is 0. The summed E-state index contributed by atoms with van der Waals surface area (Å²) in [5.41, 5.74) is 0.905. The van der Waals surface area contributed by atoms with Gasteiger partial charge < -0.3 is 44.5 Å². The number of fused-ring (bicyclic) bond motifs is 13. The average molecular weight is 823 g/mol. The van der Waals surface area contributed by atoms with Crippen molar-refractivity contribution in [2.24, 2.45) is 17.8 Å². The van der Waals surface area contributed by atoms with Gasteiger partial charge in [-0.3, -0.25) is 9.59 Å². The lowest BCUT2D eigenvalue weighted by Gasteiger charge is -2.40. The van der Waals surface area contributed by atoms with Crippen molar-refractivity contribution in [2.75, 3.05) is 0 Å². The fourth-order valence-electron chi connectivity index (χ4n) is 7.79. The highest BCUT2D eigenvalue weighted by Crippen LogP contribution is 2.32. The number of ketones is 1. The number of carboxylic acids is 1. The molecule has 5 rings (SSSR count). The van der Waals surface area contributed by atoms with Crippen LogP contribution in [-0.2, 0) is 33.3 Å². The maximum Gasteiger partial charge on any atom is 0.331 e. The molecule has 5 aliphatic rings. The molecule has 0 radical (unpaired) electrons. The van der Waals surface area contributed by atoms with Crippen LogP contribution in [0, 0.1) is 17.8 Å². The first-order valence-electron chi connectivity index (χ1n) is 21.2. The van der Waals surface area contributed by atoms with Gasteiger partial charge in [-0.15, -0.1) is 0 Å². The quantitative estimate of drug-likeness (QED) is 0.115. The second kappa shape index (κ2) is 24.5. The maximum absolute atomic E-state index is 13.1. The molecular weight excluding hydrogens is 757 g/mol. The van der Waals surface area contributed by atoms with Crippen LogP contribution in [0.2, 0.25) is 0 Å². The minimum atomic E-state index is -1.24. The van der Waals surface area contributed by atoms with E-state index in [-0.39, 0.29) is 48.9 Å². The number of rotatable bonds is 7. The summed E-state index contributed by atoms with van der Waals surface area (Å²) in [5.74, 6) is -2.03. The van der Waals surface area contributed by atoms with Crippen molar-refractivity contribution in [3.05, 3.63) is 96.7 Å². The van der Waals surface area contributed by atoms with Crippen molar-refractivity contribution in [3.63, 3.8) is 0 Å². The number of ether oxygens (including phenoxy) is 4. The third-order valence-electron chi connectivity index (χ3n) is 11.5. The number of hydrogen-bond acceptors (Lipinski definition) is 11. The van der Waals surface area contributed by atoms with Gasteiger partial charge in [0.1, 0.15) is 24.4 Å². The predicted octanol–water partition coefficient (Wildman–Crippen LogP) is 5.96. The van der Waals surface area contributed by atoms with Crippen LogP contribution in [0.4, 0.5) is 0 Å². The van der Waals surface area contributed by atoms with Crippen molar-refractivity contribution in [2.45, 2.75) is 159 Å². The molecule has 0 aromatic heterocycles. The van der Waals surface area contributed by atoms with Gasteiger partial charge in [0.05, 0.1) is 36.6 Å². The lowest BCUT2D eigenvalue weighted by molar-refractivity contribution is -0.175. The Bertz CT molecular complexity index is 1600. The van der Waals surface area contributed by atoms with E-state index in [4.69, 9.17) is 24.1 Å². The normalized spacial score (nSPS) is 39.5. The molecule has 12 nitrogen and oxygen atoms in total. The highest BCUT2D eigenvalue weighted by molar-refractivity contribution is 5.94. The van der Waals surface area contributed by atoms with Crippen molar-refractivity contribution in [1.82, 2.24) is 0 Å². The van der Waals surface area contributed by atoms with Gasteiger partial charge >= 0.3 is 11.9 Å². The van der Waals surface area contributed by atoms with Crippen LogP contribution in [0.15, 0.2) is 96.7 Å². The van der Waals surface area contributed by atoms with Crippen LogP contribution in [0.1, 0.15) is 91.9 Å². The Morgan fingerprint density at radius 3 is 2.27 bits per heavy atom. The van der Waals surface area contributed by atoms with Crippen LogP contribution in [0.3, 0.4) is 0 Å². The SMILES string of the molecule is C/C(=C\[C@H](C)CCCCC(=O)O)[C@H]1O[C@@H]2C=CC1OC(=O)/C=C/C=C/C=C/C(=O)C1CC(O)C(C)[C@H](/C=C/C[C@H]3O[C@H](C[C@H](O)[C@H]3C)[C@@H](O)[C@@H](O)/C=C/CC/C=C/C2)O1. The molecule has 0 spiro atoms. The Morgan fingerprint density at radius 2 is 1.51 bits per heavy atom. The molecule has 12 heteroatoms. The summed E-state index contributed by atoms with van der Waals surface area (Å²) in [7, 11) is 0. The highest BCUT2D eigenvalue weighted by Gasteiger charge is 2.40. The number of aliphatic hydroxyl groups excluding tert-OH is 4. The smallest absolute Gasteiger partial charge is 0.331 e. The Labute approximate surface area is 349 Å². The van der Waals surface area contributed by atoms with E-state index in [9.17, 15) is 34.8 Å². The van der Waals surface area contributed by atoms with Crippen LogP contribution < -0.4 is 0 Å². The molecular formula is C47H66O12. The first-order chi connectivity index (χ1) is 28.2.